The van der Waals surface area contributed by atoms with Crippen LogP contribution in [0.15, 0.2) is 29.2 Å². The van der Waals surface area contributed by atoms with Crippen LogP contribution in [0.5, 0.6) is 0 Å². The number of carbonyl (C=O) groups is 1. The highest BCUT2D eigenvalue weighted by molar-refractivity contribution is 8.00. The molecule has 5 heteroatoms. The second-order valence-corrected chi connectivity index (χ2v) is 6.36. The highest BCUT2D eigenvalue weighted by atomic mass is 35.5. The van der Waals surface area contributed by atoms with Crippen molar-refractivity contribution in [3.8, 4) is 0 Å². The van der Waals surface area contributed by atoms with Gasteiger partial charge in [-0.05, 0) is 31.2 Å². The van der Waals surface area contributed by atoms with Crippen LogP contribution in [0.25, 0.3) is 0 Å². The quantitative estimate of drug-likeness (QED) is 0.863. The number of carbonyl (C=O) groups excluding carboxylic acids is 1. The van der Waals surface area contributed by atoms with E-state index >= 15 is 0 Å². The number of hydrogen-bond donors (Lipinski definition) is 1. The van der Waals surface area contributed by atoms with Gasteiger partial charge in [0, 0.05) is 35.5 Å². The molecule has 1 atom stereocenters. The predicted octanol–water partition coefficient (Wildman–Crippen LogP) is 2.27. The first-order valence-electron chi connectivity index (χ1n) is 5.92. The first kappa shape index (κ1) is 13.7. The molecule has 0 saturated carbocycles. The van der Waals surface area contributed by atoms with Crippen LogP contribution in [-0.4, -0.2) is 40.9 Å². The number of hydrogen-bond acceptors (Lipinski definition) is 3. The third-order valence-electron chi connectivity index (χ3n) is 3.00. The van der Waals surface area contributed by atoms with E-state index in [0.29, 0.717) is 18.1 Å². The van der Waals surface area contributed by atoms with Gasteiger partial charge in [-0.3, -0.25) is 4.79 Å². The topological polar surface area (TPSA) is 40.5 Å². The summed E-state index contributed by atoms with van der Waals surface area (Å²) in [4.78, 5) is 14.9. The van der Waals surface area contributed by atoms with Gasteiger partial charge in [-0.15, -0.1) is 11.8 Å². The van der Waals surface area contributed by atoms with Crippen molar-refractivity contribution in [3.05, 3.63) is 29.3 Å². The van der Waals surface area contributed by atoms with E-state index in [1.807, 2.05) is 31.2 Å². The molecule has 1 N–H and O–H groups in total. The maximum Gasteiger partial charge on any atom is 0.235 e. The Morgan fingerprint density at radius 2 is 2.11 bits per heavy atom. The van der Waals surface area contributed by atoms with Crippen molar-refractivity contribution in [1.82, 2.24) is 4.90 Å². The molecular formula is C13H16ClNO2S. The van der Waals surface area contributed by atoms with Gasteiger partial charge in [0.2, 0.25) is 5.91 Å². The fraction of sp³-hybridized carbons (Fsp3) is 0.462. The summed E-state index contributed by atoms with van der Waals surface area (Å²) in [6.45, 7) is 3.44. The van der Waals surface area contributed by atoms with E-state index in [2.05, 4.69) is 0 Å². The van der Waals surface area contributed by atoms with E-state index in [1.165, 1.54) is 11.8 Å². The van der Waals surface area contributed by atoms with Crippen LogP contribution in [0.3, 0.4) is 0 Å². The lowest BCUT2D eigenvalue weighted by molar-refractivity contribution is -0.137. The zero-order valence-corrected chi connectivity index (χ0v) is 11.7. The van der Waals surface area contributed by atoms with E-state index in [4.69, 9.17) is 16.7 Å². The molecule has 0 aromatic heterocycles. The minimum atomic E-state index is -0.106. The summed E-state index contributed by atoms with van der Waals surface area (Å²) in [5.74, 6) is 0.404. The third-order valence-corrected chi connectivity index (χ3v) is 4.35. The number of benzene rings is 1. The summed E-state index contributed by atoms with van der Waals surface area (Å²) in [6.07, 6.45) is 0. The maximum absolute atomic E-state index is 12.1. The van der Waals surface area contributed by atoms with Crippen LogP contribution >= 0.6 is 23.4 Å². The highest BCUT2D eigenvalue weighted by Crippen LogP contribution is 2.27. The Morgan fingerprint density at radius 3 is 2.67 bits per heavy atom. The molecule has 0 bridgehead atoms. The van der Waals surface area contributed by atoms with Crippen LogP contribution in [0.4, 0.5) is 0 Å². The van der Waals surface area contributed by atoms with Gasteiger partial charge in [-0.2, -0.15) is 0 Å². The number of nitrogens with zero attached hydrogens (tertiary/aromatic N) is 1. The molecule has 1 saturated heterocycles. The monoisotopic (exact) mass is 285 g/mol. The van der Waals surface area contributed by atoms with Gasteiger partial charge in [0.1, 0.15) is 0 Å². The van der Waals surface area contributed by atoms with Crippen LogP contribution in [0.2, 0.25) is 5.02 Å². The van der Waals surface area contributed by atoms with Gasteiger partial charge in [-0.1, -0.05) is 11.6 Å². The molecule has 2 rings (SSSR count). The fourth-order valence-corrected chi connectivity index (χ4v) is 2.97. The average Bonchev–Trinajstić information content (AvgIpc) is 2.30. The number of thioether (sulfide) groups is 1. The molecular weight excluding hydrogens is 270 g/mol. The first-order chi connectivity index (χ1) is 8.60. The SMILES string of the molecule is CC(Sc1ccc(Cl)cc1)C(=O)N1CC(CO)C1. The molecule has 3 nitrogen and oxygen atoms in total. The van der Waals surface area contributed by atoms with Crippen LogP contribution in [-0.2, 0) is 4.79 Å². The van der Waals surface area contributed by atoms with E-state index in [1.54, 1.807) is 4.90 Å². The van der Waals surface area contributed by atoms with Crippen LogP contribution < -0.4 is 0 Å². The van der Waals surface area contributed by atoms with Crippen molar-refractivity contribution < 1.29 is 9.90 Å². The number of likely N-dealkylation sites (tertiary alicyclic amines) is 1. The second kappa shape index (κ2) is 5.95. The Hall–Kier alpha value is -0.710. The predicted molar refractivity (Wildman–Crippen MR) is 73.9 cm³/mol. The number of aliphatic hydroxyl groups excluding tert-OH is 1. The fourth-order valence-electron chi connectivity index (χ4n) is 1.89. The van der Waals surface area contributed by atoms with Gasteiger partial charge in [-0.25, -0.2) is 0 Å². The smallest absolute Gasteiger partial charge is 0.235 e. The van der Waals surface area contributed by atoms with E-state index in [9.17, 15) is 4.79 Å². The Morgan fingerprint density at radius 1 is 1.50 bits per heavy atom. The molecule has 1 amide bonds. The van der Waals surface area contributed by atoms with Gasteiger partial charge >= 0.3 is 0 Å². The summed E-state index contributed by atoms with van der Waals surface area (Å²) in [5, 5.41) is 9.52. The van der Waals surface area contributed by atoms with E-state index in [0.717, 1.165) is 4.90 Å². The molecule has 98 valence electrons. The Labute approximate surface area is 116 Å². The molecule has 1 heterocycles. The summed E-state index contributed by atoms with van der Waals surface area (Å²) < 4.78 is 0. The van der Waals surface area contributed by atoms with Gasteiger partial charge < -0.3 is 10.0 Å². The lowest BCUT2D eigenvalue weighted by Crippen LogP contribution is -2.53. The Kier molecular flexibility index (Phi) is 4.54. The van der Waals surface area contributed by atoms with Gasteiger partial charge in [0.05, 0.1) is 5.25 Å². The molecule has 1 aromatic rings. The molecule has 1 unspecified atom stereocenters. The maximum atomic E-state index is 12.1. The molecule has 0 radical (unpaired) electrons. The molecule has 0 aliphatic carbocycles. The van der Waals surface area contributed by atoms with Gasteiger partial charge in [0.15, 0.2) is 0 Å². The summed E-state index contributed by atoms with van der Waals surface area (Å²) in [7, 11) is 0. The number of rotatable bonds is 4. The zero-order chi connectivity index (χ0) is 13.1. The van der Waals surface area contributed by atoms with Crippen molar-refractivity contribution in [2.45, 2.75) is 17.1 Å². The lowest BCUT2D eigenvalue weighted by atomic mass is 10.0. The standard InChI is InChI=1S/C13H16ClNO2S/c1-9(13(17)15-6-10(7-15)8-16)18-12-4-2-11(14)3-5-12/h2-5,9-10,16H,6-8H2,1H3. The van der Waals surface area contributed by atoms with Crippen molar-refractivity contribution in [1.29, 1.82) is 0 Å². The van der Waals surface area contributed by atoms with E-state index in [-0.39, 0.29) is 23.7 Å². The van der Waals surface area contributed by atoms with Gasteiger partial charge in [0.25, 0.3) is 0 Å². The molecule has 1 aromatic carbocycles. The molecule has 1 aliphatic heterocycles. The minimum absolute atomic E-state index is 0.106. The first-order valence-corrected chi connectivity index (χ1v) is 7.17. The zero-order valence-electron chi connectivity index (χ0n) is 10.2. The molecule has 0 spiro atoms. The number of amides is 1. The Bertz CT molecular complexity index is 418. The normalized spacial score (nSPS) is 17.4. The largest absolute Gasteiger partial charge is 0.396 e. The Balaban J connectivity index is 1.86. The van der Waals surface area contributed by atoms with E-state index < -0.39 is 0 Å². The van der Waals surface area contributed by atoms with Crippen molar-refractivity contribution in [2.24, 2.45) is 5.92 Å². The van der Waals surface area contributed by atoms with Crippen molar-refractivity contribution in [2.75, 3.05) is 19.7 Å². The van der Waals surface area contributed by atoms with Crippen LogP contribution in [0.1, 0.15) is 6.92 Å². The second-order valence-electron chi connectivity index (χ2n) is 4.51. The van der Waals surface area contributed by atoms with Crippen molar-refractivity contribution in [3.63, 3.8) is 0 Å². The van der Waals surface area contributed by atoms with Crippen LogP contribution in [0, 0.1) is 5.92 Å². The number of aliphatic hydroxyl groups is 1. The molecule has 1 aliphatic rings. The average molecular weight is 286 g/mol. The lowest BCUT2D eigenvalue weighted by Gasteiger charge is -2.39. The minimum Gasteiger partial charge on any atom is -0.396 e. The highest BCUT2D eigenvalue weighted by Gasteiger charge is 2.32. The summed E-state index contributed by atoms with van der Waals surface area (Å²) in [6, 6.07) is 7.49. The summed E-state index contributed by atoms with van der Waals surface area (Å²) in [5.41, 5.74) is 0. The summed E-state index contributed by atoms with van der Waals surface area (Å²) >= 11 is 7.35. The molecule has 18 heavy (non-hydrogen) atoms. The number of halogens is 1. The third kappa shape index (κ3) is 3.19. The van der Waals surface area contributed by atoms with Crippen molar-refractivity contribution >= 4 is 29.3 Å². The molecule has 1 fully saturated rings.